The molecule has 1 aliphatic heterocycles. The first-order valence-corrected chi connectivity index (χ1v) is 6.56. The summed E-state index contributed by atoms with van der Waals surface area (Å²) in [6.45, 7) is 2.56. The van der Waals surface area contributed by atoms with Crippen LogP contribution in [0, 0.1) is 5.92 Å². The molecule has 1 N–H and O–H groups in total. The van der Waals surface area contributed by atoms with Gasteiger partial charge >= 0.3 is 0 Å². The summed E-state index contributed by atoms with van der Waals surface area (Å²) in [6.07, 6.45) is 0.734. The topological polar surface area (TPSA) is 55.4 Å². The third-order valence-electron chi connectivity index (χ3n) is 2.92. The van der Waals surface area contributed by atoms with Crippen LogP contribution in [0.2, 0.25) is 0 Å². The molecular formula is C13H14BrNO3. The van der Waals surface area contributed by atoms with Crippen molar-refractivity contribution in [1.82, 2.24) is 0 Å². The molecule has 0 aromatic heterocycles. The van der Waals surface area contributed by atoms with Crippen molar-refractivity contribution < 1.29 is 14.3 Å². The number of benzene rings is 1. The number of halogens is 1. The predicted molar refractivity (Wildman–Crippen MR) is 71.7 cm³/mol. The third kappa shape index (κ3) is 2.97. The standard InChI is InChI=1S/C13H14BrNO3/c1-8(16)11-6-10(14)2-3-12(11)15-13(17)9-4-5-18-7-9/h2-3,6,9H,4-5,7H2,1H3,(H,15,17). The summed E-state index contributed by atoms with van der Waals surface area (Å²) in [5.74, 6) is -0.278. The largest absolute Gasteiger partial charge is 0.381 e. The molecule has 0 bridgehead atoms. The van der Waals surface area contributed by atoms with Crippen LogP contribution in [0.3, 0.4) is 0 Å². The monoisotopic (exact) mass is 311 g/mol. The normalized spacial score (nSPS) is 18.7. The number of carbonyl (C=O) groups excluding carboxylic acids is 2. The zero-order valence-corrected chi connectivity index (χ0v) is 11.6. The number of Topliss-reactive ketones (excluding diaryl/α,β-unsaturated/α-hetero) is 1. The van der Waals surface area contributed by atoms with E-state index in [-0.39, 0.29) is 17.6 Å². The summed E-state index contributed by atoms with van der Waals surface area (Å²) in [6, 6.07) is 5.24. The van der Waals surface area contributed by atoms with Crippen molar-refractivity contribution in [3.63, 3.8) is 0 Å². The SMILES string of the molecule is CC(=O)c1cc(Br)ccc1NC(=O)C1CCOC1. The van der Waals surface area contributed by atoms with Gasteiger partial charge in [0.05, 0.1) is 18.2 Å². The Labute approximate surface area is 114 Å². The minimum absolute atomic E-state index is 0.0747. The van der Waals surface area contributed by atoms with Crippen molar-refractivity contribution in [1.29, 1.82) is 0 Å². The lowest BCUT2D eigenvalue weighted by atomic mass is 10.1. The lowest BCUT2D eigenvalue weighted by Crippen LogP contribution is -2.23. The third-order valence-corrected chi connectivity index (χ3v) is 3.41. The Bertz CT molecular complexity index is 481. The van der Waals surface area contributed by atoms with Gasteiger partial charge in [-0.2, -0.15) is 0 Å². The molecule has 4 nitrogen and oxygen atoms in total. The van der Waals surface area contributed by atoms with Crippen LogP contribution in [0.15, 0.2) is 22.7 Å². The molecule has 1 heterocycles. The number of rotatable bonds is 3. The van der Waals surface area contributed by atoms with Crippen LogP contribution in [0.4, 0.5) is 5.69 Å². The van der Waals surface area contributed by atoms with Gasteiger partial charge in [0.15, 0.2) is 5.78 Å². The van der Waals surface area contributed by atoms with Gasteiger partial charge in [0, 0.05) is 16.6 Å². The second-order valence-electron chi connectivity index (χ2n) is 4.30. The highest BCUT2D eigenvalue weighted by molar-refractivity contribution is 9.10. The van der Waals surface area contributed by atoms with Gasteiger partial charge in [-0.25, -0.2) is 0 Å². The Kier molecular flexibility index (Phi) is 4.14. The van der Waals surface area contributed by atoms with E-state index in [9.17, 15) is 9.59 Å². The molecule has 1 saturated heterocycles. The van der Waals surface area contributed by atoms with Crippen molar-refractivity contribution in [2.45, 2.75) is 13.3 Å². The van der Waals surface area contributed by atoms with Gasteiger partial charge in [0.2, 0.25) is 5.91 Å². The van der Waals surface area contributed by atoms with E-state index in [0.717, 1.165) is 10.9 Å². The predicted octanol–water partition coefficient (Wildman–Crippen LogP) is 2.63. The van der Waals surface area contributed by atoms with E-state index in [4.69, 9.17) is 4.74 Å². The molecule has 5 heteroatoms. The number of ether oxygens (including phenoxy) is 1. The summed E-state index contributed by atoms with van der Waals surface area (Å²) in [4.78, 5) is 23.5. The molecule has 18 heavy (non-hydrogen) atoms. The van der Waals surface area contributed by atoms with Gasteiger partial charge < -0.3 is 10.1 Å². The highest BCUT2D eigenvalue weighted by atomic mass is 79.9. The van der Waals surface area contributed by atoms with Crippen LogP contribution in [0.25, 0.3) is 0 Å². The lowest BCUT2D eigenvalue weighted by molar-refractivity contribution is -0.119. The number of ketones is 1. The van der Waals surface area contributed by atoms with Crippen molar-refractivity contribution >= 4 is 33.3 Å². The van der Waals surface area contributed by atoms with Gasteiger partial charge in [-0.3, -0.25) is 9.59 Å². The molecule has 1 amide bonds. The minimum Gasteiger partial charge on any atom is -0.381 e. The van der Waals surface area contributed by atoms with E-state index in [1.165, 1.54) is 6.92 Å². The Balaban J connectivity index is 2.17. The first kappa shape index (κ1) is 13.2. The van der Waals surface area contributed by atoms with Crippen molar-refractivity contribution in [2.24, 2.45) is 5.92 Å². The van der Waals surface area contributed by atoms with E-state index in [0.29, 0.717) is 24.5 Å². The van der Waals surface area contributed by atoms with Gasteiger partial charge in [-0.05, 0) is 31.5 Å². The van der Waals surface area contributed by atoms with Crippen LogP contribution < -0.4 is 5.32 Å². The number of hydrogen-bond acceptors (Lipinski definition) is 3. The number of amides is 1. The number of carbonyl (C=O) groups is 2. The van der Waals surface area contributed by atoms with E-state index >= 15 is 0 Å². The lowest BCUT2D eigenvalue weighted by Gasteiger charge is -2.12. The first-order chi connectivity index (χ1) is 8.58. The van der Waals surface area contributed by atoms with Crippen molar-refractivity contribution in [3.05, 3.63) is 28.2 Å². The molecule has 0 spiro atoms. The summed E-state index contributed by atoms with van der Waals surface area (Å²) >= 11 is 3.31. The maximum Gasteiger partial charge on any atom is 0.229 e. The Hall–Kier alpha value is -1.20. The Morgan fingerprint density at radius 3 is 2.83 bits per heavy atom. The minimum atomic E-state index is -0.117. The van der Waals surface area contributed by atoms with Gasteiger partial charge in [0.1, 0.15) is 0 Å². The molecule has 0 saturated carbocycles. The average Bonchev–Trinajstić information content (AvgIpc) is 2.84. The fourth-order valence-electron chi connectivity index (χ4n) is 1.89. The Morgan fingerprint density at radius 2 is 2.22 bits per heavy atom. The number of nitrogens with one attached hydrogen (secondary N) is 1. The highest BCUT2D eigenvalue weighted by Gasteiger charge is 2.24. The molecular weight excluding hydrogens is 298 g/mol. The van der Waals surface area contributed by atoms with Gasteiger partial charge in [-0.1, -0.05) is 15.9 Å². The van der Waals surface area contributed by atoms with E-state index in [2.05, 4.69) is 21.2 Å². The fourth-order valence-corrected chi connectivity index (χ4v) is 2.25. The second kappa shape index (κ2) is 5.63. The number of hydrogen-bond donors (Lipinski definition) is 1. The second-order valence-corrected chi connectivity index (χ2v) is 5.21. The number of anilines is 1. The summed E-state index contributed by atoms with van der Waals surface area (Å²) < 4.78 is 5.99. The quantitative estimate of drug-likeness (QED) is 0.873. The molecule has 0 aliphatic carbocycles. The summed E-state index contributed by atoms with van der Waals surface area (Å²) in [5, 5.41) is 2.80. The zero-order valence-electron chi connectivity index (χ0n) is 10.0. The van der Waals surface area contributed by atoms with Gasteiger partial charge in [-0.15, -0.1) is 0 Å². The van der Waals surface area contributed by atoms with E-state index < -0.39 is 0 Å². The maximum atomic E-state index is 12.0. The molecule has 96 valence electrons. The first-order valence-electron chi connectivity index (χ1n) is 5.77. The van der Waals surface area contributed by atoms with Crippen LogP contribution in [0.1, 0.15) is 23.7 Å². The smallest absolute Gasteiger partial charge is 0.229 e. The molecule has 1 atom stereocenters. The van der Waals surface area contributed by atoms with E-state index in [1.807, 2.05) is 0 Å². The van der Waals surface area contributed by atoms with Crippen LogP contribution in [0.5, 0.6) is 0 Å². The fraction of sp³-hybridized carbons (Fsp3) is 0.385. The van der Waals surface area contributed by atoms with Crippen LogP contribution >= 0.6 is 15.9 Å². The van der Waals surface area contributed by atoms with Crippen LogP contribution in [-0.2, 0) is 9.53 Å². The Morgan fingerprint density at radius 1 is 1.44 bits per heavy atom. The summed E-state index contributed by atoms with van der Waals surface area (Å²) in [5.41, 5.74) is 1.07. The molecule has 1 unspecified atom stereocenters. The molecule has 1 aromatic carbocycles. The molecule has 2 rings (SSSR count). The van der Waals surface area contributed by atoms with Gasteiger partial charge in [0.25, 0.3) is 0 Å². The maximum absolute atomic E-state index is 12.0. The highest BCUT2D eigenvalue weighted by Crippen LogP contribution is 2.23. The molecule has 1 fully saturated rings. The average molecular weight is 312 g/mol. The van der Waals surface area contributed by atoms with Crippen molar-refractivity contribution in [2.75, 3.05) is 18.5 Å². The zero-order chi connectivity index (χ0) is 13.1. The summed E-state index contributed by atoms with van der Waals surface area (Å²) in [7, 11) is 0. The molecule has 0 radical (unpaired) electrons. The van der Waals surface area contributed by atoms with Crippen LogP contribution in [-0.4, -0.2) is 24.9 Å². The van der Waals surface area contributed by atoms with E-state index in [1.54, 1.807) is 18.2 Å². The van der Waals surface area contributed by atoms with Crippen molar-refractivity contribution in [3.8, 4) is 0 Å². The molecule has 1 aliphatic rings. The molecule has 1 aromatic rings.